The summed E-state index contributed by atoms with van der Waals surface area (Å²) in [5.74, 6) is 0.996. The lowest BCUT2D eigenvalue weighted by Crippen LogP contribution is -1.96. The van der Waals surface area contributed by atoms with Crippen LogP contribution in [0.2, 0.25) is 10.0 Å². The minimum atomic E-state index is -0.176. The number of ether oxygens (including phenoxy) is 2. The van der Waals surface area contributed by atoms with Gasteiger partial charge in [-0.2, -0.15) is 0 Å². The highest BCUT2D eigenvalue weighted by Crippen LogP contribution is 2.31. The van der Waals surface area contributed by atoms with E-state index < -0.39 is 0 Å². The average molecular weight is 337 g/mol. The topological polar surface area (TPSA) is 35.5 Å². The Labute approximate surface area is 139 Å². The van der Waals surface area contributed by atoms with Gasteiger partial charge in [0.2, 0.25) is 0 Å². The number of aryl methyl sites for hydroxylation is 1. The van der Waals surface area contributed by atoms with Crippen molar-refractivity contribution in [2.75, 3.05) is 7.11 Å². The largest absolute Gasteiger partial charge is 0.497 e. The number of methoxy groups -OCH3 is 1. The summed E-state index contributed by atoms with van der Waals surface area (Å²) >= 11 is 11.9. The van der Waals surface area contributed by atoms with Crippen LogP contribution in [0.15, 0.2) is 48.7 Å². The van der Waals surface area contributed by atoms with Crippen LogP contribution in [0.3, 0.4) is 0 Å². The van der Waals surface area contributed by atoms with Crippen molar-refractivity contribution in [2.24, 2.45) is 0 Å². The summed E-state index contributed by atoms with van der Waals surface area (Å²) < 4.78 is 10.5. The first-order valence-electron chi connectivity index (χ1n) is 6.48. The second-order valence-corrected chi connectivity index (χ2v) is 5.39. The van der Waals surface area contributed by atoms with Crippen molar-refractivity contribution >= 4 is 29.0 Å². The Balaban J connectivity index is 2.07. The lowest BCUT2D eigenvalue weighted by Gasteiger charge is -2.07. The van der Waals surface area contributed by atoms with E-state index >= 15 is 0 Å². The van der Waals surface area contributed by atoms with Crippen molar-refractivity contribution in [1.29, 1.82) is 0 Å². The molecule has 0 unspecified atom stereocenters. The molecule has 5 heteroatoms. The molecule has 2 aromatic carbocycles. The number of hydrogen-bond acceptors (Lipinski definition) is 3. The number of ketones is 1. The van der Waals surface area contributed by atoms with Gasteiger partial charge in [0, 0.05) is 16.7 Å². The smallest absolute Gasteiger partial charge is 0.188 e. The van der Waals surface area contributed by atoms with Gasteiger partial charge < -0.3 is 9.47 Å². The van der Waals surface area contributed by atoms with E-state index in [0.29, 0.717) is 27.1 Å². The molecule has 0 heterocycles. The molecule has 0 aliphatic rings. The summed E-state index contributed by atoms with van der Waals surface area (Å²) in [7, 11) is 1.57. The molecule has 0 aromatic heterocycles. The molecule has 0 aliphatic heterocycles. The lowest BCUT2D eigenvalue weighted by molar-refractivity contribution is 0.104. The molecule has 3 nitrogen and oxygen atoms in total. The predicted octanol–water partition coefficient (Wildman–Crippen LogP) is 5.09. The Morgan fingerprint density at radius 1 is 1.14 bits per heavy atom. The van der Waals surface area contributed by atoms with Crippen molar-refractivity contribution in [1.82, 2.24) is 0 Å². The van der Waals surface area contributed by atoms with Crippen molar-refractivity contribution in [3.63, 3.8) is 0 Å². The number of carbonyl (C=O) groups excluding carboxylic acids is 1. The maximum Gasteiger partial charge on any atom is 0.188 e. The number of halogens is 2. The van der Waals surface area contributed by atoms with E-state index in [9.17, 15) is 4.79 Å². The van der Waals surface area contributed by atoms with E-state index in [1.807, 2.05) is 6.92 Å². The summed E-state index contributed by atoms with van der Waals surface area (Å²) in [5.41, 5.74) is 1.33. The number of carbonyl (C=O) groups is 1. The molecule has 2 aromatic rings. The highest BCUT2D eigenvalue weighted by Gasteiger charge is 2.07. The van der Waals surface area contributed by atoms with Crippen molar-refractivity contribution in [3.05, 3.63) is 69.9 Å². The van der Waals surface area contributed by atoms with Gasteiger partial charge in [-0.3, -0.25) is 4.79 Å². The third-order valence-electron chi connectivity index (χ3n) is 2.97. The second-order valence-electron chi connectivity index (χ2n) is 4.55. The Kier molecular flexibility index (Phi) is 5.47. The first kappa shape index (κ1) is 16.4. The van der Waals surface area contributed by atoms with Crippen LogP contribution in [0, 0.1) is 6.92 Å². The zero-order chi connectivity index (χ0) is 16.1. The van der Waals surface area contributed by atoms with Crippen LogP contribution < -0.4 is 9.47 Å². The minimum absolute atomic E-state index is 0.176. The predicted molar refractivity (Wildman–Crippen MR) is 88.3 cm³/mol. The van der Waals surface area contributed by atoms with Crippen molar-refractivity contribution < 1.29 is 14.3 Å². The van der Waals surface area contributed by atoms with E-state index in [2.05, 4.69) is 0 Å². The Hall–Kier alpha value is -1.97. The average Bonchev–Trinajstić information content (AvgIpc) is 2.49. The summed E-state index contributed by atoms with van der Waals surface area (Å²) in [6.45, 7) is 1.83. The molecule has 0 radical (unpaired) electrons. The van der Waals surface area contributed by atoms with Gasteiger partial charge in [0.1, 0.15) is 11.5 Å². The van der Waals surface area contributed by atoms with Crippen molar-refractivity contribution in [3.8, 4) is 11.5 Å². The zero-order valence-corrected chi connectivity index (χ0v) is 13.6. The normalized spacial score (nSPS) is 10.7. The summed E-state index contributed by atoms with van der Waals surface area (Å²) in [6.07, 6.45) is 2.65. The van der Waals surface area contributed by atoms with E-state index in [1.165, 1.54) is 12.3 Å². The summed E-state index contributed by atoms with van der Waals surface area (Å²) in [5, 5.41) is 0.930. The molecule has 0 amide bonds. The van der Waals surface area contributed by atoms with E-state index in [0.717, 1.165) is 5.56 Å². The zero-order valence-electron chi connectivity index (χ0n) is 12.1. The van der Waals surface area contributed by atoms with E-state index in [-0.39, 0.29) is 5.78 Å². The molecule has 0 atom stereocenters. The minimum Gasteiger partial charge on any atom is -0.497 e. The lowest BCUT2D eigenvalue weighted by atomic mass is 10.1. The van der Waals surface area contributed by atoms with Crippen LogP contribution in [0.5, 0.6) is 11.5 Å². The fourth-order valence-corrected chi connectivity index (χ4v) is 2.49. The van der Waals surface area contributed by atoms with Gasteiger partial charge in [-0.1, -0.05) is 23.2 Å². The van der Waals surface area contributed by atoms with Gasteiger partial charge in [0.05, 0.1) is 18.4 Å². The fraction of sp³-hybridized carbons (Fsp3) is 0.118. The highest BCUT2D eigenvalue weighted by molar-refractivity contribution is 6.35. The van der Waals surface area contributed by atoms with Gasteiger partial charge >= 0.3 is 0 Å². The molecule has 0 aliphatic carbocycles. The van der Waals surface area contributed by atoms with Gasteiger partial charge in [0.25, 0.3) is 0 Å². The Morgan fingerprint density at radius 2 is 1.82 bits per heavy atom. The number of rotatable bonds is 5. The molecule has 114 valence electrons. The standard InChI is InChI=1S/C17H14Cl2O3/c1-11-9-13(18)10-15(19)17(11)22-8-7-16(20)12-3-5-14(21-2)6-4-12/h3-10H,1-2H3/b8-7+. The molecular weight excluding hydrogens is 323 g/mol. The quantitative estimate of drug-likeness (QED) is 0.433. The fourth-order valence-electron chi connectivity index (χ4n) is 1.85. The van der Waals surface area contributed by atoms with Gasteiger partial charge in [0.15, 0.2) is 5.78 Å². The molecule has 0 spiro atoms. The monoisotopic (exact) mass is 336 g/mol. The Bertz CT molecular complexity index is 683. The first-order valence-corrected chi connectivity index (χ1v) is 7.24. The third kappa shape index (κ3) is 4.03. The first-order chi connectivity index (χ1) is 10.5. The van der Waals surface area contributed by atoms with E-state index in [1.54, 1.807) is 43.5 Å². The molecule has 22 heavy (non-hydrogen) atoms. The third-order valence-corrected chi connectivity index (χ3v) is 3.47. The van der Waals surface area contributed by atoms with Crippen LogP contribution in [0.1, 0.15) is 15.9 Å². The molecule has 0 fully saturated rings. The molecule has 0 bridgehead atoms. The molecule has 0 saturated carbocycles. The molecular formula is C17H14Cl2O3. The van der Waals surface area contributed by atoms with Gasteiger partial charge in [-0.05, 0) is 48.9 Å². The maximum absolute atomic E-state index is 12.0. The van der Waals surface area contributed by atoms with Crippen LogP contribution >= 0.6 is 23.2 Å². The second kappa shape index (κ2) is 7.34. The van der Waals surface area contributed by atoms with Crippen LogP contribution in [-0.2, 0) is 0 Å². The highest BCUT2D eigenvalue weighted by atomic mass is 35.5. The number of hydrogen-bond donors (Lipinski definition) is 0. The maximum atomic E-state index is 12.0. The molecule has 0 saturated heterocycles. The van der Waals surface area contributed by atoms with Crippen LogP contribution in [-0.4, -0.2) is 12.9 Å². The summed E-state index contributed by atoms with van der Waals surface area (Å²) in [4.78, 5) is 12.0. The van der Waals surface area contributed by atoms with Crippen LogP contribution in [0.25, 0.3) is 0 Å². The van der Waals surface area contributed by atoms with Crippen LogP contribution in [0.4, 0.5) is 0 Å². The molecule has 0 N–H and O–H groups in total. The van der Waals surface area contributed by atoms with Gasteiger partial charge in [-0.15, -0.1) is 0 Å². The van der Waals surface area contributed by atoms with E-state index in [4.69, 9.17) is 32.7 Å². The van der Waals surface area contributed by atoms with Crippen molar-refractivity contribution in [2.45, 2.75) is 6.92 Å². The summed E-state index contributed by atoms with van der Waals surface area (Å²) in [6, 6.07) is 10.1. The Morgan fingerprint density at radius 3 is 2.41 bits per heavy atom. The molecule has 2 rings (SSSR count). The number of benzene rings is 2. The SMILES string of the molecule is COc1ccc(C(=O)/C=C/Oc2c(C)cc(Cl)cc2Cl)cc1. The van der Waals surface area contributed by atoms with Gasteiger partial charge in [-0.25, -0.2) is 0 Å². The number of allylic oxidation sites excluding steroid dienone is 1.